The third-order valence-corrected chi connectivity index (χ3v) is 10.9. The molecule has 0 aliphatic rings. The van der Waals surface area contributed by atoms with Gasteiger partial charge in [0.05, 0.1) is 35.2 Å². The number of rotatable bonds is 16. The number of nitrogens with zero attached hydrogens (tertiary/aromatic N) is 2. The summed E-state index contributed by atoms with van der Waals surface area (Å²) in [6.45, 7) is 9.04. The van der Waals surface area contributed by atoms with Crippen LogP contribution >= 0.6 is 0 Å². The highest BCUT2D eigenvalue weighted by Gasteiger charge is 2.29. The molecule has 0 fully saturated rings. The Labute approximate surface area is 365 Å². The van der Waals surface area contributed by atoms with Gasteiger partial charge >= 0.3 is 11.9 Å². The summed E-state index contributed by atoms with van der Waals surface area (Å²) in [4.78, 5) is 49.1. The molecule has 0 aliphatic carbocycles. The number of Topliss-reactive ketones (excluding diaryl/α,β-unsaturated/α-hetero) is 1. The summed E-state index contributed by atoms with van der Waals surface area (Å²) in [5.74, 6) is -1.61. The summed E-state index contributed by atoms with van der Waals surface area (Å²) in [5, 5.41) is 5.19. The maximum Gasteiger partial charge on any atom is 0.344 e. The number of carbonyl (C=O) groups excluding carboxylic acids is 4. The predicted octanol–water partition coefficient (Wildman–Crippen LogP) is 9.36. The van der Waals surface area contributed by atoms with E-state index in [1.807, 2.05) is 96.4 Å². The minimum absolute atomic E-state index is 0.0950. The minimum atomic E-state index is -1.04. The first-order chi connectivity index (χ1) is 30.7. The normalized spacial score (nSPS) is 11.0. The van der Waals surface area contributed by atoms with Crippen LogP contribution in [0.15, 0.2) is 127 Å². The van der Waals surface area contributed by atoms with Gasteiger partial charge in [-0.1, -0.05) is 123 Å². The highest BCUT2D eigenvalue weighted by atomic mass is 16.6. The number of nitrogens with two attached hydrogens (primary N) is 1. The summed E-state index contributed by atoms with van der Waals surface area (Å²) >= 11 is 0. The molecule has 11 heteroatoms. The standard InChI is InChI=1S/C27H26N2O5.C25H25NO3/c1-3-20-23(25(31)27(28)32)24-21(29(20)15-17-10-6-5-7-11-17)14-18-12-8-9-13-19(18)26(24)34-16-22(30)33-4-2;1-3-20-15-22-23(26(20)16-18-10-6-5-7-11-18)14-19-12-8-9-13-21(19)25(22)29-17-24(27)28-4-2/h5-14H,3-4,15-16H2,1-2H3,(H2,28,32);5-15H,3-4,16-17H2,1-2H3. The van der Waals surface area contributed by atoms with Gasteiger partial charge in [0, 0.05) is 40.6 Å². The van der Waals surface area contributed by atoms with Gasteiger partial charge in [-0.25, -0.2) is 9.59 Å². The van der Waals surface area contributed by atoms with Crippen LogP contribution in [0.4, 0.5) is 0 Å². The molecule has 0 radical (unpaired) electrons. The lowest BCUT2D eigenvalue weighted by Crippen LogP contribution is -2.24. The Balaban J connectivity index is 0.000000191. The second-order valence-corrected chi connectivity index (χ2v) is 14.9. The molecule has 11 nitrogen and oxygen atoms in total. The number of esters is 2. The number of aryl methyl sites for hydroxylation is 1. The van der Waals surface area contributed by atoms with E-state index in [2.05, 4.69) is 54.0 Å². The topological polar surface area (TPSA) is 141 Å². The number of benzene rings is 6. The zero-order valence-corrected chi connectivity index (χ0v) is 36.0. The van der Waals surface area contributed by atoms with Crippen molar-refractivity contribution in [3.8, 4) is 11.5 Å². The quantitative estimate of drug-likeness (QED) is 0.0577. The Morgan fingerprint density at radius 2 is 1.03 bits per heavy atom. The number of hydrogen-bond donors (Lipinski definition) is 1. The number of amides is 1. The molecule has 0 atom stereocenters. The zero-order valence-electron chi connectivity index (χ0n) is 36.0. The lowest BCUT2D eigenvalue weighted by Gasteiger charge is -2.13. The van der Waals surface area contributed by atoms with Gasteiger partial charge in [0.15, 0.2) is 13.2 Å². The van der Waals surface area contributed by atoms with Crippen molar-refractivity contribution in [1.82, 2.24) is 9.13 Å². The lowest BCUT2D eigenvalue weighted by atomic mass is 10.00. The van der Waals surface area contributed by atoms with Crippen molar-refractivity contribution in [1.29, 1.82) is 0 Å². The molecule has 0 aliphatic heterocycles. The van der Waals surface area contributed by atoms with Crippen LogP contribution in [0.1, 0.15) is 60.6 Å². The van der Waals surface area contributed by atoms with Crippen molar-refractivity contribution in [2.45, 2.75) is 53.6 Å². The molecule has 63 heavy (non-hydrogen) atoms. The molecule has 2 aromatic heterocycles. The zero-order chi connectivity index (χ0) is 44.5. The van der Waals surface area contributed by atoms with E-state index in [1.165, 1.54) is 11.3 Å². The van der Waals surface area contributed by atoms with Crippen LogP contribution in [0.5, 0.6) is 11.5 Å². The van der Waals surface area contributed by atoms with Crippen LogP contribution in [-0.2, 0) is 49.8 Å². The first-order valence-electron chi connectivity index (χ1n) is 21.3. The minimum Gasteiger partial charge on any atom is -0.481 e. The van der Waals surface area contributed by atoms with Crippen molar-refractivity contribution in [2.24, 2.45) is 5.73 Å². The Bertz CT molecular complexity index is 2930. The molecule has 2 N–H and O–H groups in total. The molecule has 0 saturated carbocycles. The van der Waals surface area contributed by atoms with Gasteiger partial charge in [0.2, 0.25) is 0 Å². The second-order valence-electron chi connectivity index (χ2n) is 14.9. The second kappa shape index (κ2) is 20.0. The molecule has 322 valence electrons. The van der Waals surface area contributed by atoms with E-state index in [1.54, 1.807) is 13.8 Å². The Morgan fingerprint density at radius 3 is 1.56 bits per heavy atom. The summed E-state index contributed by atoms with van der Waals surface area (Å²) in [7, 11) is 0. The van der Waals surface area contributed by atoms with E-state index in [0.29, 0.717) is 36.4 Å². The maximum absolute atomic E-state index is 13.1. The van der Waals surface area contributed by atoms with Crippen LogP contribution in [0.25, 0.3) is 43.4 Å². The number of fused-ring (bicyclic) bond motifs is 4. The van der Waals surface area contributed by atoms with E-state index in [-0.39, 0.29) is 31.4 Å². The van der Waals surface area contributed by atoms with E-state index < -0.39 is 17.7 Å². The molecule has 8 aromatic rings. The monoisotopic (exact) mass is 845 g/mol. The largest absolute Gasteiger partial charge is 0.481 e. The molecule has 0 spiro atoms. The van der Waals surface area contributed by atoms with Crippen LogP contribution in [0.2, 0.25) is 0 Å². The lowest BCUT2D eigenvalue weighted by molar-refractivity contribution is -0.146. The highest BCUT2D eigenvalue weighted by Crippen LogP contribution is 2.41. The summed E-state index contributed by atoms with van der Waals surface area (Å²) in [6, 6.07) is 42.3. The fourth-order valence-electron chi connectivity index (χ4n) is 8.16. The van der Waals surface area contributed by atoms with E-state index >= 15 is 0 Å². The van der Waals surface area contributed by atoms with Crippen LogP contribution < -0.4 is 15.2 Å². The number of hydrogen-bond acceptors (Lipinski definition) is 8. The van der Waals surface area contributed by atoms with Crippen molar-refractivity contribution in [3.05, 3.63) is 155 Å². The molecule has 6 aromatic carbocycles. The van der Waals surface area contributed by atoms with E-state index in [0.717, 1.165) is 62.2 Å². The van der Waals surface area contributed by atoms with Gasteiger partial charge in [-0.2, -0.15) is 0 Å². The number of primary amides is 1. The van der Waals surface area contributed by atoms with Crippen LogP contribution in [0, 0.1) is 0 Å². The van der Waals surface area contributed by atoms with Gasteiger partial charge in [-0.05, 0) is 66.8 Å². The van der Waals surface area contributed by atoms with Gasteiger partial charge in [0.1, 0.15) is 11.5 Å². The number of ether oxygens (including phenoxy) is 4. The molecule has 1 amide bonds. The van der Waals surface area contributed by atoms with Crippen molar-refractivity contribution in [2.75, 3.05) is 26.4 Å². The SMILES string of the molecule is CCOC(=O)COc1c2ccccc2cc2c1c(C(=O)C(N)=O)c(CC)n2Cc1ccccc1.CCOC(=O)COc1c2ccccc2cc2c1cc(CC)n2Cc1ccccc1. The Hall–Kier alpha value is -7.40. The number of aromatic nitrogens is 2. The summed E-state index contributed by atoms with van der Waals surface area (Å²) in [6.07, 6.45) is 1.40. The van der Waals surface area contributed by atoms with Gasteiger partial charge in [-0.3, -0.25) is 9.59 Å². The third-order valence-electron chi connectivity index (χ3n) is 10.9. The first-order valence-corrected chi connectivity index (χ1v) is 21.3. The predicted molar refractivity (Wildman–Crippen MR) is 247 cm³/mol. The van der Waals surface area contributed by atoms with Gasteiger partial charge in [0.25, 0.3) is 11.7 Å². The van der Waals surface area contributed by atoms with Crippen molar-refractivity contribution >= 4 is 67.0 Å². The molecule has 0 unspecified atom stereocenters. The first kappa shape index (κ1) is 43.7. The van der Waals surface area contributed by atoms with Gasteiger partial charge < -0.3 is 33.8 Å². The highest BCUT2D eigenvalue weighted by molar-refractivity contribution is 6.45. The van der Waals surface area contributed by atoms with Gasteiger partial charge in [-0.15, -0.1) is 0 Å². The average molecular weight is 846 g/mol. The maximum atomic E-state index is 13.1. The average Bonchev–Trinajstić information content (AvgIpc) is 3.80. The number of carbonyl (C=O) groups is 4. The van der Waals surface area contributed by atoms with Crippen molar-refractivity contribution < 1.29 is 38.1 Å². The molecular weight excluding hydrogens is 795 g/mol. The molecule has 0 bridgehead atoms. The Kier molecular flexibility index (Phi) is 13.9. The molecule has 2 heterocycles. The smallest absolute Gasteiger partial charge is 0.344 e. The molecule has 8 rings (SSSR count). The summed E-state index contributed by atoms with van der Waals surface area (Å²) in [5.41, 5.74) is 11.7. The van der Waals surface area contributed by atoms with E-state index in [4.69, 9.17) is 24.7 Å². The van der Waals surface area contributed by atoms with E-state index in [9.17, 15) is 19.2 Å². The van der Waals surface area contributed by atoms with Crippen LogP contribution in [-0.4, -0.2) is 59.2 Å². The van der Waals surface area contributed by atoms with Crippen LogP contribution in [0.3, 0.4) is 0 Å². The fraction of sp³-hybridized carbons (Fsp3) is 0.231. The fourth-order valence-corrected chi connectivity index (χ4v) is 8.16. The third kappa shape index (κ3) is 9.43. The van der Waals surface area contributed by atoms with Crippen molar-refractivity contribution in [3.63, 3.8) is 0 Å². The summed E-state index contributed by atoms with van der Waals surface area (Å²) < 4.78 is 26.4. The Morgan fingerprint density at radius 1 is 0.540 bits per heavy atom. The number of ketones is 1. The molecular formula is C52H51N3O8. The molecule has 0 saturated heterocycles.